The van der Waals surface area contributed by atoms with E-state index in [9.17, 15) is 14.0 Å². The van der Waals surface area contributed by atoms with Gasteiger partial charge in [-0.1, -0.05) is 0 Å². The zero-order valence-electron chi connectivity index (χ0n) is 15.1. The van der Waals surface area contributed by atoms with Gasteiger partial charge in [0, 0.05) is 5.69 Å². The molecule has 2 aromatic rings. The third-order valence-corrected chi connectivity index (χ3v) is 4.81. The zero-order valence-corrected chi connectivity index (χ0v) is 16.7. The van der Waals surface area contributed by atoms with E-state index in [-0.39, 0.29) is 29.7 Å². The van der Waals surface area contributed by atoms with Crippen molar-refractivity contribution in [2.75, 3.05) is 23.8 Å². The molecule has 1 heterocycles. The molecule has 1 aromatic carbocycles. The van der Waals surface area contributed by atoms with Crippen LogP contribution in [-0.4, -0.2) is 30.3 Å². The molecule has 144 valence electrons. The number of hydrogen-bond acceptors (Lipinski definition) is 6. The predicted octanol–water partition coefficient (Wildman–Crippen LogP) is 4.36. The molecule has 1 aromatic heterocycles. The number of rotatable bonds is 6. The highest BCUT2D eigenvalue weighted by molar-refractivity contribution is 7.80. The van der Waals surface area contributed by atoms with E-state index in [1.165, 1.54) is 24.3 Å². The lowest BCUT2D eigenvalue weighted by Crippen LogP contribution is -2.20. The van der Waals surface area contributed by atoms with Crippen molar-refractivity contribution in [1.82, 2.24) is 0 Å². The second-order valence-electron chi connectivity index (χ2n) is 5.29. The number of carbonyl (C=O) groups is 2. The third kappa shape index (κ3) is 5.24. The molecule has 0 aliphatic carbocycles. The highest BCUT2D eigenvalue weighted by Gasteiger charge is 2.26. The van der Waals surface area contributed by atoms with Gasteiger partial charge in [-0.15, -0.1) is 11.3 Å². The van der Waals surface area contributed by atoms with Gasteiger partial charge in [-0.05, 0) is 62.8 Å². The van der Waals surface area contributed by atoms with Crippen LogP contribution in [0.15, 0.2) is 24.3 Å². The lowest BCUT2D eigenvalue weighted by molar-refractivity contribution is 0.0527. The van der Waals surface area contributed by atoms with E-state index in [0.717, 1.165) is 11.3 Å². The van der Waals surface area contributed by atoms with Gasteiger partial charge in [-0.2, -0.15) is 0 Å². The number of halogens is 1. The minimum Gasteiger partial charge on any atom is -0.462 e. The molecule has 9 heteroatoms. The summed E-state index contributed by atoms with van der Waals surface area (Å²) < 4.78 is 23.1. The number of anilines is 2. The van der Waals surface area contributed by atoms with Crippen LogP contribution in [0.3, 0.4) is 0 Å². The Labute approximate surface area is 165 Å². The van der Waals surface area contributed by atoms with Gasteiger partial charge >= 0.3 is 11.9 Å². The molecule has 6 nitrogen and oxygen atoms in total. The monoisotopic (exact) mass is 410 g/mol. The lowest BCUT2D eigenvalue weighted by atomic mass is 10.1. The fraction of sp³-hybridized carbons (Fsp3) is 0.278. The second-order valence-corrected chi connectivity index (χ2v) is 6.72. The molecule has 2 N–H and O–H groups in total. The van der Waals surface area contributed by atoms with Crippen molar-refractivity contribution in [2.45, 2.75) is 20.8 Å². The Kier molecular flexibility index (Phi) is 7.26. The first-order chi connectivity index (χ1) is 12.9. The van der Waals surface area contributed by atoms with Crippen molar-refractivity contribution >= 4 is 51.3 Å². The van der Waals surface area contributed by atoms with Gasteiger partial charge in [0.25, 0.3) is 0 Å². The van der Waals surface area contributed by atoms with E-state index < -0.39 is 11.9 Å². The molecule has 0 saturated carbocycles. The molecule has 0 aliphatic rings. The Morgan fingerprint density at radius 2 is 1.67 bits per heavy atom. The Morgan fingerprint density at radius 1 is 1.07 bits per heavy atom. The number of nitrogens with one attached hydrogen (secondary N) is 2. The highest BCUT2D eigenvalue weighted by atomic mass is 32.1. The molecular weight excluding hydrogens is 391 g/mol. The summed E-state index contributed by atoms with van der Waals surface area (Å²) in [7, 11) is 0. The number of benzene rings is 1. The number of carbonyl (C=O) groups excluding carboxylic acids is 2. The number of esters is 2. The fourth-order valence-corrected chi connectivity index (χ4v) is 3.62. The van der Waals surface area contributed by atoms with Crippen molar-refractivity contribution in [3.63, 3.8) is 0 Å². The van der Waals surface area contributed by atoms with E-state index in [2.05, 4.69) is 10.6 Å². The van der Waals surface area contributed by atoms with Gasteiger partial charge in [0.2, 0.25) is 0 Å². The maximum absolute atomic E-state index is 13.0. The lowest BCUT2D eigenvalue weighted by Gasteiger charge is -2.11. The topological polar surface area (TPSA) is 76.7 Å². The van der Waals surface area contributed by atoms with Crippen LogP contribution >= 0.6 is 23.6 Å². The molecular formula is C18H19FN2O4S2. The Hall–Kier alpha value is -2.52. The van der Waals surface area contributed by atoms with E-state index in [1.54, 1.807) is 20.8 Å². The van der Waals surface area contributed by atoms with Crippen molar-refractivity contribution in [3.05, 3.63) is 46.1 Å². The normalized spacial score (nSPS) is 10.2. The summed E-state index contributed by atoms with van der Waals surface area (Å²) in [6, 6.07) is 5.64. The van der Waals surface area contributed by atoms with Crippen LogP contribution in [0.4, 0.5) is 15.1 Å². The Bertz CT molecular complexity index is 850. The zero-order chi connectivity index (χ0) is 20.0. The Morgan fingerprint density at radius 3 is 2.26 bits per heavy atom. The molecule has 0 aliphatic heterocycles. The van der Waals surface area contributed by atoms with E-state index in [1.807, 2.05) is 0 Å². The summed E-state index contributed by atoms with van der Waals surface area (Å²) in [5, 5.41) is 6.35. The first kappa shape index (κ1) is 20.8. The second kappa shape index (κ2) is 9.43. The number of thiophene rings is 1. The maximum Gasteiger partial charge on any atom is 0.348 e. The van der Waals surface area contributed by atoms with Crippen molar-refractivity contribution in [3.8, 4) is 0 Å². The van der Waals surface area contributed by atoms with E-state index >= 15 is 0 Å². The van der Waals surface area contributed by atoms with E-state index in [0.29, 0.717) is 21.1 Å². The van der Waals surface area contributed by atoms with Gasteiger partial charge < -0.3 is 20.1 Å². The summed E-state index contributed by atoms with van der Waals surface area (Å²) in [5.41, 5.74) is 1.27. The Balaban J connectivity index is 2.28. The van der Waals surface area contributed by atoms with Crippen LogP contribution < -0.4 is 10.6 Å². The molecule has 27 heavy (non-hydrogen) atoms. The van der Waals surface area contributed by atoms with Crippen molar-refractivity contribution in [1.29, 1.82) is 0 Å². The largest absolute Gasteiger partial charge is 0.462 e. The van der Waals surface area contributed by atoms with E-state index in [4.69, 9.17) is 21.7 Å². The van der Waals surface area contributed by atoms with Crippen LogP contribution in [0.2, 0.25) is 0 Å². The highest BCUT2D eigenvalue weighted by Crippen LogP contribution is 2.34. The minimum absolute atomic E-state index is 0.184. The number of ether oxygens (including phenoxy) is 2. The van der Waals surface area contributed by atoms with Crippen LogP contribution in [0.25, 0.3) is 0 Å². The number of thiocarbonyl (C=S) groups is 1. The molecule has 0 saturated heterocycles. The van der Waals surface area contributed by atoms with Crippen LogP contribution in [0.1, 0.15) is 39.4 Å². The minimum atomic E-state index is -0.561. The predicted molar refractivity (Wildman–Crippen MR) is 107 cm³/mol. The average Bonchev–Trinajstić information content (AvgIpc) is 2.93. The van der Waals surface area contributed by atoms with Crippen molar-refractivity contribution < 1.29 is 23.5 Å². The summed E-state index contributed by atoms with van der Waals surface area (Å²) in [4.78, 5) is 24.8. The van der Waals surface area contributed by atoms with Crippen LogP contribution in [0.5, 0.6) is 0 Å². The molecule has 2 rings (SSSR count). The third-order valence-electron chi connectivity index (χ3n) is 3.42. The average molecular weight is 410 g/mol. The first-order valence-corrected chi connectivity index (χ1v) is 9.41. The molecule has 0 unspecified atom stereocenters. The van der Waals surface area contributed by atoms with Crippen LogP contribution in [0, 0.1) is 12.7 Å². The summed E-state index contributed by atoms with van der Waals surface area (Å²) in [5.74, 6) is -1.44. The maximum atomic E-state index is 13.0. The first-order valence-electron chi connectivity index (χ1n) is 8.18. The summed E-state index contributed by atoms with van der Waals surface area (Å²) >= 11 is 6.31. The molecule has 0 atom stereocenters. The molecule has 0 bridgehead atoms. The van der Waals surface area contributed by atoms with Gasteiger partial charge in [0.1, 0.15) is 15.7 Å². The van der Waals surface area contributed by atoms with Crippen molar-refractivity contribution in [2.24, 2.45) is 0 Å². The number of hydrogen-bond donors (Lipinski definition) is 2. The smallest absolute Gasteiger partial charge is 0.348 e. The summed E-state index contributed by atoms with van der Waals surface area (Å²) in [6.45, 7) is 5.46. The van der Waals surface area contributed by atoms with Gasteiger partial charge in [0.05, 0.1) is 18.8 Å². The fourth-order valence-electron chi connectivity index (χ4n) is 2.24. The van der Waals surface area contributed by atoms with Gasteiger partial charge in [-0.25, -0.2) is 14.0 Å². The molecule has 0 fully saturated rings. The summed E-state index contributed by atoms with van der Waals surface area (Å²) in [6.07, 6.45) is 0. The van der Waals surface area contributed by atoms with Gasteiger partial charge in [0.15, 0.2) is 5.11 Å². The molecule has 0 amide bonds. The SMILES string of the molecule is CCOC(=O)c1sc(NC(=S)Nc2ccc(F)cc2)c(C(=O)OCC)c1C. The van der Waals surface area contributed by atoms with Crippen LogP contribution in [-0.2, 0) is 9.47 Å². The molecule has 0 radical (unpaired) electrons. The molecule has 0 spiro atoms. The van der Waals surface area contributed by atoms with Gasteiger partial charge in [-0.3, -0.25) is 0 Å². The quantitative estimate of drug-likeness (QED) is 0.541. The standard InChI is InChI=1S/C18H19FN2O4S2/c1-4-24-16(22)13-10(3)14(17(23)25-5-2)27-15(13)21-18(26)20-12-8-6-11(19)7-9-12/h6-9H,4-5H2,1-3H3,(H2,20,21,26).